The van der Waals surface area contributed by atoms with Crippen LogP contribution in [0.5, 0.6) is 0 Å². The monoisotopic (exact) mass is 211 g/mol. The second-order valence-electron chi connectivity index (χ2n) is 3.83. The molecule has 0 unspecified atom stereocenters. The summed E-state index contributed by atoms with van der Waals surface area (Å²) in [5.41, 5.74) is 5.28. The molecule has 6 heteroatoms. The highest BCUT2D eigenvalue weighted by molar-refractivity contribution is 5.90. The van der Waals surface area contributed by atoms with Gasteiger partial charge in [-0.3, -0.25) is 9.89 Å². The van der Waals surface area contributed by atoms with Gasteiger partial charge in [0.2, 0.25) is 11.8 Å². The molecule has 0 aromatic carbocycles. The van der Waals surface area contributed by atoms with Crippen LogP contribution in [0.25, 0.3) is 0 Å². The van der Waals surface area contributed by atoms with Gasteiger partial charge in [-0.25, -0.2) is 0 Å². The van der Waals surface area contributed by atoms with E-state index in [1.807, 2.05) is 0 Å². The van der Waals surface area contributed by atoms with Gasteiger partial charge in [-0.1, -0.05) is 13.8 Å². The topological polar surface area (TPSA) is 96.7 Å². The normalized spacial score (nSPS) is 10.6. The summed E-state index contributed by atoms with van der Waals surface area (Å²) < 4.78 is 0. The molecule has 0 fully saturated rings. The van der Waals surface area contributed by atoms with Crippen LogP contribution in [0.2, 0.25) is 0 Å². The Morgan fingerprint density at radius 3 is 2.87 bits per heavy atom. The number of hydrogen-bond acceptors (Lipinski definition) is 4. The molecule has 1 aromatic heterocycles. The Balaban J connectivity index is 2.25. The van der Waals surface area contributed by atoms with Crippen molar-refractivity contribution in [1.29, 1.82) is 0 Å². The molecule has 0 aliphatic carbocycles. The van der Waals surface area contributed by atoms with Crippen LogP contribution in [0, 0.1) is 5.92 Å². The molecular formula is C9H17N5O. The minimum Gasteiger partial charge on any atom is -0.366 e. The van der Waals surface area contributed by atoms with Crippen LogP contribution in [0.3, 0.4) is 0 Å². The first kappa shape index (κ1) is 11.5. The maximum absolute atomic E-state index is 11.4. The van der Waals surface area contributed by atoms with E-state index in [0.29, 0.717) is 12.5 Å². The largest absolute Gasteiger partial charge is 0.366 e. The van der Waals surface area contributed by atoms with Crippen molar-refractivity contribution in [1.82, 2.24) is 20.5 Å². The quantitative estimate of drug-likeness (QED) is 0.620. The van der Waals surface area contributed by atoms with Gasteiger partial charge < -0.3 is 11.1 Å². The molecule has 0 aliphatic heterocycles. The Bertz CT molecular complexity index is 320. The van der Waals surface area contributed by atoms with Crippen LogP contribution in [0.1, 0.15) is 37.3 Å². The third kappa shape index (κ3) is 3.97. The zero-order valence-electron chi connectivity index (χ0n) is 9.08. The maximum atomic E-state index is 11.4. The fourth-order valence-electron chi connectivity index (χ4n) is 1.17. The van der Waals surface area contributed by atoms with Gasteiger partial charge in [0.25, 0.3) is 5.91 Å². The van der Waals surface area contributed by atoms with E-state index in [-0.39, 0.29) is 17.7 Å². The molecule has 6 nitrogen and oxygen atoms in total. The van der Waals surface area contributed by atoms with Crippen LogP contribution >= 0.6 is 0 Å². The number of anilines is 1. The van der Waals surface area contributed by atoms with Crippen molar-refractivity contribution < 1.29 is 4.79 Å². The van der Waals surface area contributed by atoms with E-state index in [4.69, 9.17) is 5.73 Å². The molecule has 0 spiro atoms. The molecule has 1 aromatic rings. The third-order valence-corrected chi connectivity index (χ3v) is 1.96. The summed E-state index contributed by atoms with van der Waals surface area (Å²) in [6, 6.07) is 0. The van der Waals surface area contributed by atoms with Gasteiger partial charge in [-0.15, -0.1) is 5.10 Å². The predicted octanol–water partition coefficient (Wildman–Crippen LogP) is 0.553. The Morgan fingerprint density at radius 1 is 1.60 bits per heavy atom. The summed E-state index contributed by atoms with van der Waals surface area (Å²) in [6.07, 6.45) is 2.06. The highest BCUT2D eigenvalue weighted by Crippen LogP contribution is 2.02. The number of aromatic nitrogens is 3. The minimum atomic E-state index is -0.261. The maximum Gasteiger partial charge on any atom is 0.288 e. The molecule has 0 radical (unpaired) electrons. The number of H-pyrrole nitrogens is 1. The van der Waals surface area contributed by atoms with Gasteiger partial charge in [-0.2, -0.15) is 4.98 Å². The zero-order valence-corrected chi connectivity index (χ0v) is 9.08. The summed E-state index contributed by atoms with van der Waals surface area (Å²) in [5.74, 6) is 0.644. The van der Waals surface area contributed by atoms with Gasteiger partial charge in [0.1, 0.15) is 0 Å². The Hall–Kier alpha value is -1.59. The van der Waals surface area contributed by atoms with Crippen LogP contribution in [-0.2, 0) is 0 Å². The summed E-state index contributed by atoms with van der Waals surface area (Å²) in [6.45, 7) is 4.95. The molecule has 1 heterocycles. The van der Waals surface area contributed by atoms with Gasteiger partial charge in [0.05, 0.1) is 0 Å². The second kappa shape index (κ2) is 5.33. The van der Waals surface area contributed by atoms with Crippen molar-refractivity contribution in [2.24, 2.45) is 5.92 Å². The fourth-order valence-corrected chi connectivity index (χ4v) is 1.17. The minimum absolute atomic E-state index is 0.0855. The number of amides is 1. The molecule has 15 heavy (non-hydrogen) atoms. The first-order valence-corrected chi connectivity index (χ1v) is 5.05. The van der Waals surface area contributed by atoms with E-state index < -0.39 is 0 Å². The first-order chi connectivity index (χ1) is 7.09. The average Bonchev–Trinajstić information content (AvgIpc) is 2.59. The van der Waals surface area contributed by atoms with Crippen molar-refractivity contribution in [3.8, 4) is 0 Å². The SMILES string of the molecule is CC(C)CCCNC(=O)c1nc(N)n[nH]1. The molecule has 0 saturated heterocycles. The van der Waals surface area contributed by atoms with Crippen LogP contribution in [-0.4, -0.2) is 27.6 Å². The molecule has 0 bridgehead atoms. The molecular weight excluding hydrogens is 194 g/mol. The molecule has 84 valence electrons. The lowest BCUT2D eigenvalue weighted by molar-refractivity contribution is 0.0942. The number of carbonyl (C=O) groups excluding carboxylic acids is 1. The summed E-state index contributed by atoms with van der Waals surface area (Å²) in [5, 5.41) is 8.77. The highest BCUT2D eigenvalue weighted by Gasteiger charge is 2.09. The summed E-state index contributed by atoms with van der Waals surface area (Å²) in [7, 11) is 0. The van der Waals surface area contributed by atoms with Crippen LogP contribution in [0.15, 0.2) is 0 Å². The van der Waals surface area contributed by atoms with E-state index in [9.17, 15) is 4.79 Å². The van der Waals surface area contributed by atoms with Gasteiger partial charge >= 0.3 is 0 Å². The summed E-state index contributed by atoms with van der Waals surface area (Å²) in [4.78, 5) is 15.1. The number of rotatable bonds is 5. The van der Waals surface area contributed by atoms with Gasteiger partial charge in [-0.05, 0) is 18.8 Å². The Kier molecular flexibility index (Phi) is 4.08. The van der Waals surface area contributed by atoms with E-state index in [0.717, 1.165) is 12.8 Å². The van der Waals surface area contributed by atoms with E-state index in [1.54, 1.807) is 0 Å². The molecule has 0 atom stereocenters. The van der Waals surface area contributed by atoms with E-state index in [2.05, 4.69) is 34.3 Å². The predicted molar refractivity (Wildman–Crippen MR) is 57.2 cm³/mol. The molecule has 4 N–H and O–H groups in total. The molecule has 0 saturated carbocycles. The van der Waals surface area contributed by atoms with Gasteiger partial charge in [0.15, 0.2) is 0 Å². The fraction of sp³-hybridized carbons (Fsp3) is 0.667. The second-order valence-corrected chi connectivity index (χ2v) is 3.83. The van der Waals surface area contributed by atoms with Gasteiger partial charge in [0, 0.05) is 6.54 Å². The number of nitrogens with two attached hydrogens (primary N) is 1. The standard InChI is InChI=1S/C9H17N5O/c1-6(2)4-3-5-11-8(15)7-12-9(10)14-13-7/h6H,3-5H2,1-2H3,(H,11,15)(H3,10,12,13,14). The molecule has 1 rings (SSSR count). The number of hydrogen-bond donors (Lipinski definition) is 3. The Labute approximate surface area is 88.7 Å². The Morgan fingerprint density at radius 2 is 2.33 bits per heavy atom. The van der Waals surface area contributed by atoms with Crippen LogP contribution in [0.4, 0.5) is 5.95 Å². The number of carbonyl (C=O) groups is 1. The number of nitrogens with one attached hydrogen (secondary N) is 2. The van der Waals surface area contributed by atoms with Crippen molar-refractivity contribution in [3.05, 3.63) is 5.82 Å². The third-order valence-electron chi connectivity index (χ3n) is 1.96. The summed E-state index contributed by atoms with van der Waals surface area (Å²) >= 11 is 0. The number of nitrogens with zero attached hydrogens (tertiary/aromatic N) is 2. The zero-order chi connectivity index (χ0) is 11.3. The van der Waals surface area contributed by atoms with Crippen molar-refractivity contribution >= 4 is 11.9 Å². The smallest absolute Gasteiger partial charge is 0.288 e. The first-order valence-electron chi connectivity index (χ1n) is 5.05. The van der Waals surface area contributed by atoms with E-state index >= 15 is 0 Å². The lowest BCUT2D eigenvalue weighted by atomic mass is 10.1. The highest BCUT2D eigenvalue weighted by atomic mass is 16.2. The van der Waals surface area contributed by atoms with Crippen LogP contribution < -0.4 is 11.1 Å². The lowest BCUT2D eigenvalue weighted by Gasteiger charge is -2.04. The average molecular weight is 211 g/mol. The van der Waals surface area contributed by atoms with Crippen molar-refractivity contribution in [3.63, 3.8) is 0 Å². The number of nitrogen functional groups attached to an aromatic ring is 1. The number of aromatic amines is 1. The lowest BCUT2D eigenvalue weighted by Crippen LogP contribution is -2.25. The van der Waals surface area contributed by atoms with Crippen molar-refractivity contribution in [2.75, 3.05) is 12.3 Å². The molecule has 1 amide bonds. The van der Waals surface area contributed by atoms with Crippen molar-refractivity contribution in [2.45, 2.75) is 26.7 Å². The molecule has 0 aliphatic rings. The van der Waals surface area contributed by atoms with E-state index in [1.165, 1.54) is 0 Å².